The van der Waals surface area contributed by atoms with E-state index in [1.54, 1.807) is 7.11 Å². The van der Waals surface area contributed by atoms with E-state index < -0.39 is 0 Å². The van der Waals surface area contributed by atoms with Crippen LogP contribution in [0, 0.1) is 12.8 Å². The van der Waals surface area contributed by atoms with Crippen molar-refractivity contribution in [3.8, 4) is 5.75 Å². The molecular weight excluding hydrogens is 264 g/mol. The predicted octanol–water partition coefficient (Wildman–Crippen LogP) is 3.36. The van der Waals surface area contributed by atoms with E-state index in [2.05, 4.69) is 11.9 Å². The first-order valence-corrected chi connectivity index (χ1v) is 7.55. The zero-order valence-corrected chi connectivity index (χ0v) is 12.9. The highest BCUT2D eigenvalue weighted by atomic mass is 16.5. The number of fused-ring (bicyclic) bond motifs is 1. The molecule has 1 atom stereocenters. The third-order valence-corrected chi connectivity index (χ3v) is 4.42. The van der Waals surface area contributed by atoms with Gasteiger partial charge in [-0.15, -0.1) is 0 Å². The number of rotatable bonds is 2. The van der Waals surface area contributed by atoms with Crippen LogP contribution in [-0.2, 0) is 0 Å². The van der Waals surface area contributed by atoms with E-state index in [9.17, 15) is 4.79 Å². The topological polar surface area (TPSA) is 45.3 Å². The SMILES string of the molecule is COc1ccc2c(C)c(C(=O)N3CCCC(C)C3)[nH]c2c1. The summed E-state index contributed by atoms with van der Waals surface area (Å²) in [5, 5.41) is 1.09. The van der Waals surface area contributed by atoms with Crippen molar-refractivity contribution in [3.63, 3.8) is 0 Å². The van der Waals surface area contributed by atoms with Crippen molar-refractivity contribution in [1.82, 2.24) is 9.88 Å². The molecule has 1 amide bonds. The molecule has 3 rings (SSSR count). The highest BCUT2D eigenvalue weighted by molar-refractivity contribution is 6.01. The average Bonchev–Trinajstić information content (AvgIpc) is 2.83. The summed E-state index contributed by atoms with van der Waals surface area (Å²) < 4.78 is 5.25. The lowest BCUT2D eigenvalue weighted by Crippen LogP contribution is -2.39. The minimum absolute atomic E-state index is 0.120. The third-order valence-electron chi connectivity index (χ3n) is 4.42. The van der Waals surface area contributed by atoms with Gasteiger partial charge in [-0.25, -0.2) is 0 Å². The lowest BCUT2D eigenvalue weighted by Gasteiger charge is -2.30. The largest absolute Gasteiger partial charge is 0.497 e. The van der Waals surface area contributed by atoms with Crippen LogP contribution < -0.4 is 4.74 Å². The van der Waals surface area contributed by atoms with Gasteiger partial charge in [-0.05, 0) is 43.4 Å². The van der Waals surface area contributed by atoms with E-state index in [1.807, 2.05) is 30.0 Å². The molecule has 0 bridgehead atoms. The van der Waals surface area contributed by atoms with Crippen LogP contribution in [0.3, 0.4) is 0 Å². The summed E-state index contributed by atoms with van der Waals surface area (Å²) in [5.41, 5.74) is 2.70. The summed E-state index contributed by atoms with van der Waals surface area (Å²) in [5.74, 6) is 1.51. The van der Waals surface area contributed by atoms with E-state index in [-0.39, 0.29) is 5.91 Å². The molecule has 4 heteroatoms. The normalized spacial score (nSPS) is 19.0. The number of aromatic nitrogens is 1. The molecule has 2 heterocycles. The van der Waals surface area contributed by atoms with Crippen LogP contribution in [0.4, 0.5) is 0 Å². The van der Waals surface area contributed by atoms with Crippen LogP contribution in [0.2, 0.25) is 0 Å². The number of likely N-dealkylation sites (tertiary alicyclic amines) is 1. The number of carbonyl (C=O) groups is 1. The van der Waals surface area contributed by atoms with Gasteiger partial charge in [-0.3, -0.25) is 4.79 Å². The minimum Gasteiger partial charge on any atom is -0.497 e. The van der Waals surface area contributed by atoms with Gasteiger partial charge in [-0.1, -0.05) is 6.92 Å². The highest BCUT2D eigenvalue weighted by Gasteiger charge is 2.25. The van der Waals surface area contributed by atoms with Crippen LogP contribution in [-0.4, -0.2) is 36.0 Å². The summed E-state index contributed by atoms with van der Waals surface area (Å²) in [6.45, 7) is 5.94. The van der Waals surface area contributed by atoms with Crippen molar-refractivity contribution in [2.45, 2.75) is 26.7 Å². The molecule has 21 heavy (non-hydrogen) atoms. The number of methoxy groups -OCH3 is 1. The molecule has 1 aromatic heterocycles. The Kier molecular flexibility index (Phi) is 3.62. The molecular formula is C17H22N2O2. The number of carbonyl (C=O) groups excluding carboxylic acids is 1. The van der Waals surface area contributed by atoms with Gasteiger partial charge in [-0.2, -0.15) is 0 Å². The first-order valence-electron chi connectivity index (χ1n) is 7.55. The second-order valence-corrected chi connectivity index (χ2v) is 6.04. The van der Waals surface area contributed by atoms with Gasteiger partial charge in [0.25, 0.3) is 5.91 Å². The van der Waals surface area contributed by atoms with Crippen molar-refractivity contribution in [2.24, 2.45) is 5.92 Å². The molecule has 0 radical (unpaired) electrons. The van der Waals surface area contributed by atoms with E-state index in [0.29, 0.717) is 11.6 Å². The minimum atomic E-state index is 0.120. The van der Waals surface area contributed by atoms with E-state index in [0.717, 1.165) is 41.7 Å². The molecule has 1 saturated heterocycles. The first-order chi connectivity index (χ1) is 10.1. The van der Waals surface area contributed by atoms with Gasteiger partial charge < -0.3 is 14.6 Å². The molecule has 0 saturated carbocycles. The van der Waals surface area contributed by atoms with Crippen LogP contribution in [0.5, 0.6) is 5.75 Å². The van der Waals surface area contributed by atoms with Crippen molar-refractivity contribution >= 4 is 16.8 Å². The fraction of sp³-hybridized carbons (Fsp3) is 0.471. The number of piperidine rings is 1. The van der Waals surface area contributed by atoms with Crippen LogP contribution >= 0.6 is 0 Å². The summed E-state index contributed by atoms with van der Waals surface area (Å²) >= 11 is 0. The predicted molar refractivity (Wildman–Crippen MR) is 83.9 cm³/mol. The van der Waals surface area contributed by atoms with E-state index >= 15 is 0 Å². The zero-order valence-electron chi connectivity index (χ0n) is 12.9. The van der Waals surface area contributed by atoms with Crippen LogP contribution in [0.1, 0.15) is 35.8 Å². The Labute approximate surface area is 125 Å². The second kappa shape index (κ2) is 5.43. The third kappa shape index (κ3) is 2.50. The van der Waals surface area contributed by atoms with Gasteiger partial charge in [0.05, 0.1) is 7.11 Å². The van der Waals surface area contributed by atoms with Gasteiger partial charge in [0.1, 0.15) is 11.4 Å². The number of nitrogens with one attached hydrogen (secondary N) is 1. The first kappa shape index (κ1) is 14.0. The summed E-state index contributed by atoms with van der Waals surface area (Å²) in [6, 6.07) is 5.88. The lowest BCUT2D eigenvalue weighted by atomic mass is 10.00. The zero-order chi connectivity index (χ0) is 15.0. The number of nitrogens with zero attached hydrogens (tertiary/aromatic N) is 1. The number of benzene rings is 1. The Hall–Kier alpha value is -1.97. The maximum absolute atomic E-state index is 12.8. The standard InChI is InChI=1S/C17H22N2O2/c1-11-5-4-8-19(10-11)17(20)16-12(2)14-7-6-13(21-3)9-15(14)18-16/h6-7,9,11,18H,4-5,8,10H2,1-3H3. The molecule has 1 unspecified atom stereocenters. The fourth-order valence-electron chi connectivity index (χ4n) is 3.19. The number of aromatic amines is 1. The summed E-state index contributed by atoms with van der Waals surface area (Å²) in [7, 11) is 1.65. The Balaban J connectivity index is 1.96. The second-order valence-electron chi connectivity index (χ2n) is 6.04. The van der Waals surface area contributed by atoms with Crippen LogP contribution in [0.25, 0.3) is 10.9 Å². The molecule has 2 aromatic rings. The average molecular weight is 286 g/mol. The number of amides is 1. The highest BCUT2D eigenvalue weighted by Crippen LogP contribution is 2.27. The molecule has 1 N–H and O–H groups in total. The molecule has 0 spiro atoms. The van der Waals surface area contributed by atoms with Crippen LogP contribution in [0.15, 0.2) is 18.2 Å². The molecule has 0 aliphatic carbocycles. The van der Waals surface area contributed by atoms with E-state index in [1.165, 1.54) is 6.42 Å². The van der Waals surface area contributed by atoms with Crippen molar-refractivity contribution in [1.29, 1.82) is 0 Å². The number of hydrogen-bond donors (Lipinski definition) is 1. The summed E-state index contributed by atoms with van der Waals surface area (Å²) in [4.78, 5) is 18.0. The Morgan fingerprint density at radius 2 is 2.24 bits per heavy atom. The molecule has 112 valence electrons. The van der Waals surface area contributed by atoms with E-state index in [4.69, 9.17) is 4.74 Å². The molecule has 1 aromatic carbocycles. The quantitative estimate of drug-likeness (QED) is 0.920. The Morgan fingerprint density at radius 3 is 2.95 bits per heavy atom. The van der Waals surface area contributed by atoms with Crippen molar-refractivity contribution in [3.05, 3.63) is 29.5 Å². The fourth-order valence-corrected chi connectivity index (χ4v) is 3.19. The number of ether oxygens (including phenoxy) is 1. The maximum Gasteiger partial charge on any atom is 0.270 e. The molecule has 1 aliphatic heterocycles. The molecule has 4 nitrogen and oxygen atoms in total. The number of aryl methyl sites for hydroxylation is 1. The Bertz CT molecular complexity index is 675. The monoisotopic (exact) mass is 286 g/mol. The molecule has 1 aliphatic rings. The van der Waals surface area contributed by atoms with Gasteiger partial charge in [0, 0.05) is 30.1 Å². The van der Waals surface area contributed by atoms with Gasteiger partial charge >= 0.3 is 0 Å². The lowest BCUT2D eigenvalue weighted by molar-refractivity contribution is 0.0677. The van der Waals surface area contributed by atoms with Crippen molar-refractivity contribution < 1.29 is 9.53 Å². The number of hydrogen-bond acceptors (Lipinski definition) is 2. The molecule has 1 fully saturated rings. The van der Waals surface area contributed by atoms with Gasteiger partial charge in [0.2, 0.25) is 0 Å². The van der Waals surface area contributed by atoms with Gasteiger partial charge in [0.15, 0.2) is 0 Å². The smallest absolute Gasteiger partial charge is 0.270 e. The Morgan fingerprint density at radius 1 is 1.43 bits per heavy atom. The summed E-state index contributed by atoms with van der Waals surface area (Å²) in [6.07, 6.45) is 2.31. The number of H-pyrrole nitrogens is 1. The maximum atomic E-state index is 12.8. The van der Waals surface area contributed by atoms with Crippen molar-refractivity contribution in [2.75, 3.05) is 20.2 Å².